The molecule has 0 radical (unpaired) electrons. The van der Waals surface area contributed by atoms with Crippen molar-refractivity contribution in [2.24, 2.45) is 7.05 Å². The fourth-order valence-electron chi connectivity index (χ4n) is 3.06. The van der Waals surface area contributed by atoms with Crippen molar-refractivity contribution in [2.75, 3.05) is 7.05 Å². The first-order valence-electron chi connectivity index (χ1n) is 7.89. The molecule has 0 fully saturated rings. The molecule has 0 unspecified atom stereocenters. The zero-order valence-electron chi connectivity index (χ0n) is 13.8. The molecule has 1 amide bonds. The van der Waals surface area contributed by atoms with Gasteiger partial charge in [-0.25, -0.2) is 4.98 Å². The van der Waals surface area contributed by atoms with Crippen molar-refractivity contribution in [1.29, 1.82) is 0 Å². The van der Waals surface area contributed by atoms with Gasteiger partial charge in [0.15, 0.2) is 5.82 Å². The summed E-state index contributed by atoms with van der Waals surface area (Å²) in [6.07, 6.45) is 0. The monoisotopic (exact) mass is 332 g/mol. The van der Waals surface area contributed by atoms with Crippen molar-refractivity contribution in [1.82, 2.24) is 19.9 Å². The summed E-state index contributed by atoms with van der Waals surface area (Å²) in [6.45, 7) is 0. The molecule has 2 N–H and O–H groups in total. The zero-order chi connectivity index (χ0) is 17.6. The summed E-state index contributed by atoms with van der Waals surface area (Å²) in [7, 11) is 3.50. The fraction of sp³-hybridized carbons (Fsp3) is 0.105. The minimum absolute atomic E-state index is 0.213. The van der Waals surface area contributed by atoms with Gasteiger partial charge in [0.1, 0.15) is 0 Å². The quantitative estimate of drug-likeness (QED) is 0.592. The Morgan fingerprint density at radius 3 is 2.72 bits per heavy atom. The molecule has 2 aromatic heterocycles. The number of nitrogens with zero attached hydrogens (tertiary/aromatic N) is 2. The van der Waals surface area contributed by atoms with Gasteiger partial charge in [-0.3, -0.25) is 9.59 Å². The van der Waals surface area contributed by atoms with Crippen molar-refractivity contribution in [2.45, 2.75) is 0 Å². The highest BCUT2D eigenvalue weighted by molar-refractivity contribution is 5.97. The van der Waals surface area contributed by atoms with E-state index in [9.17, 15) is 9.59 Å². The summed E-state index contributed by atoms with van der Waals surface area (Å²) in [4.78, 5) is 31.7. The summed E-state index contributed by atoms with van der Waals surface area (Å²) in [5.41, 5.74) is 2.60. The molecule has 25 heavy (non-hydrogen) atoms. The van der Waals surface area contributed by atoms with Gasteiger partial charge in [0.25, 0.3) is 11.5 Å². The van der Waals surface area contributed by atoms with E-state index in [1.807, 2.05) is 41.9 Å². The maximum absolute atomic E-state index is 12.4. The molecule has 2 heterocycles. The second-order valence-corrected chi connectivity index (χ2v) is 5.87. The number of hydrogen-bond donors (Lipinski definition) is 2. The highest BCUT2D eigenvalue weighted by Gasteiger charge is 2.13. The average Bonchev–Trinajstić information content (AvgIpc) is 2.97. The van der Waals surface area contributed by atoms with Gasteiger partial charge >= 0.3 is 0 Å². The number of aryl methyl sites for hydroxylation is 1. The van der Waals surface area contributed by atoms with Gasteiger partial charge in [-0.05, 0) is 30.3 Å². The van der Waals surface area contributed by atoms with Gasteiger partial charge in [-0.1, -0.05) is 18.2 Å². The number of para-hydroxylation sites is 1. The summed E-state index contributed by atoms with van der Waals surface area (Å²) in [5, 5.41) is 4.10. The predicted molar refractivity (Wildman–Crippen MR) is 97.7 cm³/mol. The molecule has 0 saturated carbocycles. The van der Waals surface area contributed by atoms with E-state index in [1.165, 1.54) is 0 Å². The van der Waals surface area contributed by atoms with Crippen LogP contribution < -0.4 is 10.9 Å². The third kappa shape index (κ3) is 2.39. The van der Waals surface area contributed by atoms with Gasteiger partial charge in [-0.2, -0.15) is 0 Å². The van der Waals surface area contributed by atoms with Gasteiger partial charge < -0.3 is 14.9 Å². The van der Waals surface area contributed by atoms with E-state index in [0.717, 1.165) is 16.6 Å². The maximum atomic E-state index is 12.4. The van der Waals surface area contributed by atoms with E-state index in [1.54, 1.807) is 25.2 Å². The molecule has 0 aliphatic rings. The highest BCUT2D eigenvalue weighted by atomic mass is 16.1. The van der Waals surface area contributed by atoms with Gasteiger partial charge in [0.2, 0.25) is 0 Å². The van der Waals surface area contributed by atoms with Crippen LogP contribution in [0.25, 0.3) is 33.3 Å². The minimum Gasteiger partial charge on any atom is -0.355 e. The van der Waals surface area contributed by atoms with Crippen molar-refractivity contribution in [3.63, 3.8) is 0 Å². The lowest BCUT2D eigenvalue weighted by atomic mass is 10.1. The second-order valence-electron chi connectivity index (χ2n) is 5.87. The van der Waals surface area contributed by atoms with Crippen LogP contribution in [0.15, 0.2) is 53.3 Å². The lowest BCUT2D eigenvalue weighted by Gasteiger charge is -2.06. The SMILES string of the molecule is CNC(=O)c1ccc2c(=O)[nH]c(-c3cc4ccccc4n3C)nc2c1. The van der Waals surface area contributed by atoms with Crippen LogP contribution >= 0.6 is 0 Å². The fourth-order valence-corrected chi connectivity index (χ4v) is 3.06. The molecule has 2 aromatic carbocycles. The Bertz CT molecular complexity index is 1190. The summed E-state index contributed by atoms with van der Waals surface area (Å²) < 4.78 is 1.99. The van der Waals surface area contributed by atoms with Crippen LogP contribution in [0.1, 0.15) is 10.4 Å². The van der Waals surface area contributed by atoms with Crippen LogP contribution in [0.3, 0.4) is 0 Å². The molecule has 0 aliphatic heterocycles. The van der Waals surface area contributed by atoms with Gasteiger partial charge in [-0.15, -0.1) is 0 Å². The number of carbonyl (C=O) groups excluding carboxylic acids is 1. The van der Waals surface area contributed by atoms with E-state index in [0.29, 0.717) is 22.3 Å². The summed E-state index contributed by atoms with van der Waals surface area (Å²) in [5.74, 6) is 0.264. The number of amides is 1. The topological polar surface area (TPSA) is 79.8 Å². The Balaban J connectivity index is 1.96. The normalized spacial score (nSPS) is 11.1. The first-order valence-corrected chi connectivity index (χ1v) is 7.89. The number of aromatic amines is 1. The number of carbonyl (C=O) groups is 1. The third-order valence-corrected chi connectivity index (χ3v) is 4.39. The number of fused-ring (bicyclic) bond motifs is 2. The van der Waals surface area contributed by atoms with Crippen LogP contribution in [-0.2, 0) is 7.05 Å². The van der Waals surface area contributed by atoms with E-state index < -0.39 is 0 Å². The van der Waals surface area contributed by atoms with Crippen LogP contribution in [0, 0.1) is 0 Å². The predicted octanol–water partition coefficient (Wildman–Crippen LogP) is 2.44. The molecule has 4 aromatic rings. The molecule has 6 heteroatoms. The van der Waals surface area contributed by atoms with Crippen molar-refractivity contribution >= 4 is 27.7 Å². The molecule has 124 valence electrons. The first-order chi connectivity index (χ1) is 12.1. The van der Waals surface area contributed by atoms with Crippen LogP contribution in [0.5, 0.6) is 0 Å². The maximum Gasteiger partial charge on any atom is 0.259 e. The van der Waals surface area contributed by atoms with Crippen LogP contribution in [0.4, 0.5) is 0 Å². The number of rotatable bonds is 2. The number of benzene rings is 2. The number of aromatic nitrogens is 3. The minimum atomic E-state index is -0.228. The lowest BCUT2D eigenvalue weighted by molar-refractivity contribution is 0.0963. The van der Waals surface area contributed by atoms with Crippen LogP contribution in [0.2, 0.25) is 0 Å². The van der Waals surface area contributed by atoms with Crippen LogP contribution in [-0.4, -0.2) is 27.5 Å². The Morgan fingerprint density at radius 1 is 1.16 bits per heavy atom. The lowest BCUT2D eigenvalue weighted by Crippen LogP contribution is -2.18. The number of H-pyrrole nitrogens is 1. The number of nitrogens with one attached hydrogen (secondary N) is 2. The third-order valence-electron chi connectivity index (χ3n) is 4.39. The van der Waals surface area contributed by atoms with Gasteiger partial charge in [0.05, 0.1) is 16.6 Å². The Morgan fingerprint density at radius 2 is 1.96 bits per heavy atom. The van der Waals surface area contributed by atoms with Gasteiger partial charge in [0, 0.05) is 30.6 Å². The molecular weight excluding hydrogens is 316 g/mol. The van der Waals surface area contributed by atoms with Crippen molar-refractivity contribution in [3.8, 4) is 11.5 Å². The summed E-state index contributed by atoms with van der Waals surface area (Å²) in [6, 6.07) is 14.8. The highest BCUT2D eigenvalue weighted by Crippen LogP contribution is 2.25. The Hall–Kier alpha value is -3.41. The molecule has 0 atom stereocenters. The molecule has 0 bridgehead atoms. The molecule has 0 saturated heterocycles. The standard InChI is InChI=1S/C19H16N4O2/c1-20-18(24)12-7-8-13-14(9-12)21-17(22-19(13)25)16-10-11-5-3-4-6-15(11)23(16)2/h3-10H,1-2H3,(H,20,24)(H,21,22,25). The largest absolute Gasteiger partial charge is 0.355 e. The van der Waals surface area contributed by atoms with E-state index in [2.05, 4.69) is 15.3 Å². The van der Waals surface area contributed by atoms with E-state index >= 15 is 0 Å². The smallest absolute Gasteiger partial charge is 0.259 e. The molecule has 6 nitrogen and oxygen atoms in total. The summed E-state index contributed by atoms with van der Waals surface area (Å²) >= 11 is 0. The molecular formula is C19H16N4O2. The molecule has 4 rings (SSSR count). The van der Waals surface area contributed by atoms with E-state index in [4.69, 9.17) is 0 Å². The zero-order valence-corrected chi connectivity index (χ0v) is 13.8. The molecule has 0 spiro atoms. The first kappa shape index (κ1) is 15.1. The number of hydrogen-bond acceptors (Lipinski definition) is 3. The molecule has 0 aliphatic carbocycles. The Labute approximate surface area is 143 Å². The van der Waals surface area contributed by atoms with Crippen molar-refractivity contribution < 1.29 is 4.79 Å². The van der Waals surface area contributed by atoms with E-state index in [-0.39, 0.29) is 11.5 Å². The Kier molecular flexibility index (Phi) is 3.39. The average molecular weight is 332 g/mol. The van der Waals surface area contributed by atoms with Crippen molar-refractivity contribution in [3.05, 3.63) is 64.4 Å². The second kappa shape index (κ2) is 5.59.